The molecule has 0 spiro atoms. The lowest BCUT2D eigenvalue weighted by molar-refractivity contribution is -0.155. The van der Waals surface area contributed by atoms with E-state index in [1.807, 2.05) is 48.5 Å². The first-order chi connectivity index (χ1) is 14.4. The molecule has 3 amide bonds. The van der Waals surface area contributed by atoms with Crippen molar-refractivity contribution in [1.82, 2.24) is 10.6 Å². The van der Waals surface area contributed by atoms with Crippen molar-refractivity contribution in [3.05, 3.63) is 59.7 Å². The van der Waals surface area contributed by atoms with Crippen LogP contribution in [0.25, 0.3) is 11.1 Å². The third-order valence-corrected chi connectivity index (χ3v) is 5.22. The Morgan fingerprint density at radius 3 is 2.23 bits per heavy atom. The SMILES string of the molecule is C[C@@H](NC(=O)OCC1c2ccccc2-c2ccccc21)C(=O)O[C@@H]1CC(=O)NC1=O. The summed E-state index contributed by atoms with van der Waals surface area (Å²) >= 11 is 0. The van der Waals surface area contributed by atoms with E-state index in [1.165, 1.54) is 6.92 Å². The zero-order valence-corrected chi connectivity index (χ0v) is 16.2. The molecule has 1 saturated heterocycles. The second-order valence-corrected chi connectivity index (χ2v) is 7.23. The second-order valence-electron chi connectivity index (χ2n) is 7.23. The predicted octanol–water partition coefficient (Wildman–Crippen LogP) is 1.87. The minimum Gasteiger partial charge on any atom is -0.450 e. The van der Waals surface area contributed by atoms with Crippen molar-refractivity contribution in [1.29, 1.82) is 0 Å². The molecule has 30 heavy (non-hydrogen) atoms. The first kappa shape index (κ1) is 19.6. The molecular weight excluding hydrogens is 388 g/mol. The van der Waals surface area contributed by atoms with E-state index >= 15 is 0 Å². The molecule has 8 heteroatoms. The highest BCUT2D eigenvalue weighted by atomic mass is 16.6. The van der Waals surface area contributed by atoms with E-state index in [1.54, 1.807) is 0 Å². The van der Waals surface area contributed by atoms with Crippen LogP contribution in [-0.2, 0) is 23.9 Å². The summed E-state index contributed by atoms with van der Waals surface area (Å²) in [5.41, 5.74) is 4.39. The van der Waals surface area contributed by atoms with Crippen LogP contribution < -0.4 is 10.6 Å². The van der Waals surface area contributed by atoms with Crippen molar-refractivity contribution < 1.29 is 28.7 Å². The Hall–Kier alpha value is -3.68. The van der Waals surface area contributed by atoms with Gasteiger partial charge in [-0.2, -0.15) is 0 Å². The molecule has 1 aliphatic carbocycles. The first-order valence-corrected chi connectivity index (χ1v) is 9.59. The molecule has 1 heterocycles. The normalized spacial score (nSPS) is 18.2. The summed E-state index contributed by atoms with van der Waals surface area (Å²) in [6.07, 6.45) is -2.16. The molecule has 2 atom stereocenters. The molecule has 0 saturated carbocycles. The van der Waals surface area contributed by atoms with Gasteiger partial charge in [0.1, 0.15) is 12.6 Å². The highest BCUT2D eigenvalue weighted by Crippen LogP contribution is 2.44. The monoisotopic (exact) mass is 408 g/mol. The topological polar surface area (TPSA) is 111 Å². The average Bonchev–Trinajstić information content (AvgIpc) is 3.22. The number of ether oxygens (including phenoxy) is 2. The molecule has 0 radical (unpaired) electrons. The summed E-state index contributed by atoms with van der Waals surface area (Å²) in [6, 6.07) is 14.9. The van der Waals surface area contributed by atoms with Crippen molar-refractivity contribution >= 4 is 23.9 Å². The molecule has 1 aliphatic heterocycles. The zero-order valence-electron chi connectivity index (χ0n) is 16.2. The number of nitrogens with one attached hydrogen (secondary N) is 2. The van der Waals surface area contributed by atoms with Gasteiger partial charge in [-0.05, 0) is 29.2 Å². The van der Waals surface area contributed by atoms with Crippen LogP contribution in [0.4, 0.5) is 4.79 Å². The summed E-state index contributed by atoms with van der Waals surface area (Å²) in [5, 5.41) is 4.45. The fourth-order valence-corrected chi connectivity index (χ4v) is 3.74. The molecule has 154 valence electrons. The minimum absolute atomic E-state index is 0.0985. The number of carbonyl (C=O) groups is 4. The van der Waals surface area contributed by atoms with Crippen LogP contribution >= 0.6 is 0 Å². The van der Waals surface area contributed by atoms with Gasteiger partial charge < -0.3 is 14.8 Å². The fraction of sp³-hybridized carbons (Fsp3) is 0.273. The number of amides is 3. The van der Waals surface area contributed by atoms with E-state index < -0.39 is 36.0 Å². The van der Waals surface area contributed by atoms with Crippen LogP contribution in [-0.4, -0.2) is 42.6 Å². The molecule has 1 fully saturated rings. The van der Waals surface area contributed by atoms with Crippen LogP contribution in [0, 0.1) is 0 Å². The number of hydrogen-bond acceptors (Lipinski definition) is 6. The van der Waals surface area contributed by atoms with Crippen LogP contribution in [0.15, 0.2) is 48.5 Å². The van der Waals surface area contributed by atoms with Gasteiger partial charge in [-0.25, -0.2) is 9.59 Å². The van der Waals surface area contributed by atoms with Crippen LogP contribution in [0.1, 0.15) is 30.4 Å². The van der Waals surface area contributed by atoms with Gasteiger partial charge in [-0.3, -0.25) is 14.9 Å². The van der Waals surface area contributed by atoms with E-state index in [4.69, 9.17) is 9.47 Å². The van der Waals surface area contributed by atoms with Gasteiger partial charge in [0.25, 0.3) is 5.91 Å². The third kappa shape index (κ3) is 3.76. The molecule has 0 bridgehead atoms. The standard InChI is InChI=1S/C22H20N2O6/c1-12(21(27)30-18-10-19(25)24-20(18)26)23-22(28)29-11-17-15-8-4-2-6-13(15)14-7-3-5-9-16(14)17/h2-9,12,17-18H,10-11H2,1H3,(H,23,28)(H,24,25,26)/t12-,18-/m1/s1. The molecule has 4 rings (SSSR count). The van der Waals surface area contributed by atoms with Crippen LogP contribution in [0.3, 0.4) is 0 Å². The number of fused-ring (bicyclic) bond motifs is 3. The van der Waals surface area contributed by atoms with Gasteiger partial charge in [0, 0.05) is 5.92 Å². The maximum atomic E-state index is 12.2. The average molecular weight is 408 g/mol. The predicted molar refractivity (Wildman–Crippen MR) is 105 cm³/mol. The quantitative estimate of drug-likeness (QED) is 0.577. The van der Waals surface area contributed by atoms with Crippen molar-refractivity contribution in [2.75, 3.05) is 6.61 Å². The smallest absolute Gasteiger partial charge is 0.407 e. The van der Waals surface area contributed by atoms with Crippen molar-refractivity contribution in [3.63, 3.8) is 0 Å². The molecule has 2 aromatic rings. The Morgan fingerprint density at radius 1 is 1.07 bits per heavy atom. The lowest BCUT2D eigenvalue weighted by atomic mass is 9.98. The Bertz CT molecular complexity index is 988. The minimum atomic E-state index is -1.17. The van der Waals surface area contributed by atoms with E-state index in [0.717, 1.165) is 22.3 Å². The maximum absolute atomic E-state index is 12.2. The summed E-state index contributed by atoms with van der Waals surface area (Å²) in [4.78, 5) is 47.0. The molecule has 2 aromatic carbocycles. The Kier molecular flexibility index (Phi) is 5.22. The van der Waals surface area contributed by atoms with E-state index in [9.17, 15) is 19.2 Å². The Morgan fingerprint density at radius 2 is 1.67 bits per heavy atom. The lowest BCUT2D eigenvalue weighted by Crippen LogP contribution is -2.42. The first-order valence-electron chi connectivity index (χ1n) is 9.59. The van der Waals surface area contributed by atoms with Gasteiger partial charge in [-0.15, -0.1) is 0 Å². The van der Waals surface area contributed by atoms with E-state index in [-0.39, 0.29) is 18.9 Å². The van der Waals surface area contributed by atoms with Gasteiger partial charge in [-0.1, -0.05) is 48.5 Å². The molecule has 0 aromatic heterocycles. The highest BCUT2D eigenvalue weighted by Gasteiger charge is 2.35. The molecule has 8 nitrogen and oxygen atoms in total. The van der Waals surface area contributed by atoms with Gasteiger partial charge in [0.15, 0.2) is 6.10 Å². The molecule has 0 unspecified atom stereocenters. The van der Waals surface area contributed by atoms with Gasteiger partial charge in [0.2, 0.25) is 5.91 Å². The van der Waals surface area contributed by atoms with Crippen molar-refractivity contribution in [2.45, 2.75) is 31.4 Å². The van der Waals surface area contributed by atoms with Crippen molar-refractivity contribution in [3.8, 4) is 11.1 Å². The number of imide groups is 1. The number of carbonyl (C=O) groups excluding carboxylic acids is 4. The van der Waals surface area contributed by atoms with Gasteiger partial charge >= 0.3 is 12.1 Å². The molecule has 2 N–H and O–H groups in total. The summed E-state index contributed by atoms with van der Waals surface area (Å²) in [5.74, 6) is -2.09. The Balaban J connectivity index is 1.34. The van der Waals surface area contributed by atoms with Crippen LogP contribution in [0.2, 0.25) is 0 Å². The zero-order chi connectivity index (χ0) is 21.3. The van der Waals surface area contributed by atoms with Crippen molar-refractivity contribution in [2.24, 2.45) is 0 Å². The summed E-state index contributed by atoms with van der Waals surface area (Å²) in [7, 11) is 0. The fourth-order valence-electron chi connectivity index (χ4n) is 3.74. The highest BCUT2D eigenvalue weighted by molar-refractivity contribution is 6.05. The number of rotatable bonds is 5. The van der Waals surface area contributed by atoms with E-state index in [0.29, 0.717) is 0 Å². The summed E-state index contributed by atoms with van der Waals surface area (Å²) in [6.45, 7) is 1.53. The van der Waals surface area contributed by atoms with Gasteiger partial charge in [0.05, 0.1) is 6.42 Å². The number of hydrogen-bond donors (Lipinski definition) is 2. The van der Waals surface area contributed by atoms with Crippen LogP contribution in [0.5, 0.6) is 0 Å². The maximum Gasteiger partial charge on any atom is 0.407 e. The number of esters is 1. The largest absolute Gasteiger partial charge is 0.450 e. The number of alkyl carbamates (subject to hydrolysis) is 1. The Labute approximate surface area is 172 Å². The van der Waals surface area contributed by atoms with E-state index in [2.05, 4.69) is 10.6 Å². The molecule has 2 aliphatic rings. The number of benzene rings is 2. The summed E-state index contributed by atoms with van der Waals surface area (Å²) < 4.78 is 10.4. The lowest BCUT2D eigenvalue weighted by Gasteiger charge is -2.17. The third-order valence-electron chi connectivity index (χ3n) is 5.22. The second kappa shape index (κ2) is 7.98. The molecular formula is C22H20N2O6.